The van der Waals surface area contributed by atoms with Gasteiger partial charge >= 0.3 is 0 Å². The maximum absolute atomic E-state index is 10.8. The van der Waals surface area contributed by atoms with Gasteiger partial charge in [-0.15, -0.1) is 5.10 Å². The fourth-order valence-electron chi connectivity index (χ4n) is 4.12. The van der Waals surface area contributed by atoms with Gasteiger partial charge in [-0.1, -0.05) is 55.8 Å². The van der Waals surface area contributed by atoms with Crippen LogP contribution in [0.4, 0.5) is 5.95 Å². The first-order valence-corrected chi connectivity index (χ1v) is 11.4. The van der Waals surface area contributed by atoms with E-state index < -0.39 is 0 Å². The number of aryl methyl sites for hydroxylation is 1. The van der Waals surface area contributed by atoms with E-state index in [1.54, 1.807) is 4.52 Å². The summed E-state index contributed by atoms with van der Waals surface area (Å²) >= 11 is 0. The molecule has 0 fully saturated rings. The lowest BCUT2D eigenvalue weighted by Crippen LogP contribution is -2.23. The maximum Gasteiger partial charge on any atom is 0.257 e. The highest BCUT2D eigenvalue weighted by Gasteiger charge is 2.19. The van der Waals surface area contributed by atoms with Crippen molar-refractivity contribution in [2.24, 2.45) is 0 Å². The van der Waals surface area contributed by atoms with Crippen LogP contribution in [0.2, 0.25) is 0 Å². The molecule has 0 amide bonds. The number of hydrogen-bond donors (Lipinski definition) is 1. The molecule has 0 saturated carbocycles. The second-order valence-corrected chi connectivity index (χ2v) is 7.94. The van der Waals surface area contributed by atoms with Crippen LogP contribution in [-0.2, 0) is 12.8 Å². The van der Waals surface area contributed by atoms with E-state index in [9.17, 15) is 10.4 Å². The molecular formula is C26H28N6O. The summed E-state index contributed by atoms with van der Waals surface area (Å²) in [7, 11) is 0. The lowest BCUT2D eigenvalue weighted by atomic mass is 9.97. The van der Waals surface area contributed by atoms with Crippen LogP contribution < -0.4 is 4.90 Å². The average molecular weight is 441 g/mol. The van der Waals surface area contributed by atoms with Crippen LogP contribution in [0.25, 0.3) is 16.9 Å². The van der Waals surface area contributed by atoms with E-state index in [1.807, 2.05) is 48.5 Å². The molecule has 4 aromatic rings. The number of anilines is 1. The van der Waals surface area contributed by atoms with Gasteiger partial charge in [-0.3, -0.25) is 0 Å². The summed E-state index contributed by atoms with van der Waals surface area (Å²) < 4.78 is 1.78. The maximum atomic E-state index is 10.8. The Morgan fingerprint density at radius 3 is 2.39 bits per heavy atom. The Labute approximate surface area is 194 Å². The van der Waals surface area contributed by atoms with Crippen molar-refractivity contribution in [3.8, 4) is 23.1 Å². The molecule has 2 aromatic heterocycles. The van der Waals surface area contributed by atoms with Gasteiger partial charge in [0.1, 0.15) is 0 Å². The number of nitrogens with zero attached hydrogens (tertiary/aromatic N) is 6. The van der Waals surface area contributed by atoms with Crippen LogP contribution in [-0.4, -0.2) is 37.8 Å². The lowest BCUT2D eigenvalue weighted by Gasteiger charge is -2.15. The molecule has 7 heteroatoms. The van der Waals surface area contributed by atoms with Crippen molar-refractivity contribution >= 4 is 11.7 Å². The minimum absolute atomic E-state index is 0.00310. The molecule has 33 heavy (non-hydrogen) atoms. The summed E-state index contributed by atoms with van der Waals surface area (Å²) in [6, 6.07) is 17.9. The Morgan fingerprint density at radius 2 is 1.73 bits per heavy atom. The molecule has 0 bridgehead atoms. The number of benzene rings is 2. The second kappa shape index (κ2) is 9.70. The predicted octanol–water partition coefficient (Wildman–Crippen LogP) is 4.76. The van der Waals surface area contributed by atoms with Crippen molar-refractivity contribution in [1.29, 1.82) is 5.26 Å². The zero-order chi connectivity index (χ0) is 23.4. The number of aromatic nitrogens is 4. The third kappa shape index (κ3) is 4.37. The minimum atomic E-state index is 0.00310. The minimum Gasteiger partial charge on any atom is -0.493 e. The van der Waals surface area contributed by atoms with E-state index >= 15 is 0 Å². The Balaban J connectivity index is 1.71. The van der Waals surface area contributed by atoms with Crippen molar-refractivity contribution < 1.29 is 5.11 Å². The Morgan fingerprint density at radius 1 is 1.00 bits per heavy atom. The highest BCUT2D eigenvalue weighted by molar-refractivity contribution is 5.70. The first-order chi connectivity index (χ1) is 16.1. The van der Waals surface area contributed by atoms with Gasteiger partial charge in [0.2, 0.25) is 11.8 Å². The number of hydrogen-bond acceptors (Lipinski definition) is 6. The molecule has 0 spiro atoms. The van der Waals surface area contributed by atoms with Crippen molar-refractivity contribution in [2.45, 2.75) is 40.0 Å². The van der Waals surface area contributed by atoms with Crippen LogP contribution in [0.5, 0.6) is 5.88 Å². The first kappa shape index (κ1) is 22.3. The molecule has 168 valence electrons. The van der Waals surface area contributed by atoms with E-state index in [2.05, 4.69) is 41.7 Å². The largest absolute Gasteiger partial charge is 0.493 e. The molecule has 7 nitrogen and oxygen atoms in total. The summed E-state index contributed by atoms with van der Waals surface area (Å²) in [4.78, 5) is 11.0. The zero-order valence-corrected chi connectivity index (χ0v) is 19.3. The van der Waals surface area contributed by atoms with E-state index in [4.69, 9.17) is 5.10 Å². The van der Waals surface area contributed by atoms with Crippen molar-refractivity contribution in [1.82, 2.24) is 19.6 Å². The van der Waals surface area contributed by atoms with Gasteiger partial charge in [0, 0.05) is 25.1 Å². The average Bonchev–Trinajstić information content (AvgIpc) is 3.26. The molecule has 0 radical (unpaired) electrons. The highest BCUT2D eigenvalue weighted by Crippen LogP contribution is 2.28. The molecule has 0 atom stereocenters. The molecule has 0 aliphatic rings. The Kier molecular flexibility index (Phi) is 6.55. The quantitative estimate of drug-likeness (QED) is 0.425. The SMILES string of the molecule is CCCc1c(Cc2ccc(-c3ccccc3C#N)cc2)c(O)nc2nc(N(CC)CC)nn12. The van der Waals surface area contributed by atoms with Crippen LogP contribution in [0.1, 0.15) is 49.6 Å². The summed E-state index contributed by atoms with van der Waals surface area (Å²) in [5.74, 6) is 1.05. The van der Waals surface area contributed by atoms with Crippen LogP contribution >= 0.6 is 0 Å². The van der Waals surface area contributed by atoms with Gasteiger partial charge in [0.25, 0.3) is 5.78 Å². The standard InChI is InChI=1S/C26H28N6O/c1-4-9-23-22(24(33)28-25-29-26(30-32(23)25)31(5-2)6-3)16-18-12-14-19(15-13-18)21-11-8-7-10-20(21)17-27/h7-8,10-15H,4-6,9,16H2,1-3H3,(H,28,29,30,33). The number of fused-ring (bicyclic) bond motifs is 1. The Bertz CT molecular complexity index is 1300. The molecule has 0 unspecified atom stereocenters. The number of aromatic hydroxyl groups is 1. The first-order valence-electron chi connectivity index (χ1n) is 11.4. The molecule has 2 heterocycles. The smallest absolute Gasteiger partial charge is 0.257 e. The topological polar surface area (TPSA) is 90.3 Å². The molecule has 0 aliphatic carbocycles. The van der Waals surface area contributed by atoms with E-state index in [0.717, 1.165) is 53.9 Å². The van der Waals surface area contributed by atoms with Crippen molar-refractivity contribution in [2.75, 3.05) is 18.0 Å². The third-order valence-electron chi connectivity index (χ3n) is 5.89. The molecule has 4 rings (SSSR count). The summed E-state index contributed by atoms with van der Waals surface area (Å²) in [5, 5.41) is 24.9. The molecule has 1 N–H and O–H groups in total. The van der Waals surface area contributed by atoms with E-state index in [-0.39, 0.29) is 5.88 Å². The number of rotatable bonds is 8. The van der Waals surface area contributed by atoms with E-state index in [1.165, 1.54) is 0 Å². The Hall–Kier alpha value is -3.92. The molecule has 0 saturated heterocycles. The van der Waals surface area contributed by atoms with Gasteiger partial charge in [-0.25, -0.2) is 0 Å². The zero-order valence-electron chi connectivity index (χ0n) is 19.3. The van der Waals surface area contributed by atoms with Crippen LogP contribution in [0.3, 0.4) is 0 Å². The summed E-state index contributed by atoms with van der Waals surface area (Å²) in [6.07, 6.45) is 2.21. The molecular weight excluding hydrogens is 412 g/mol. The lowest BCUT2D eigenvalue weighted by molar-refractivity contribution is 0.444. The normalized spacial score (nSPS) is 11.0. The van der Waals surface area contributed by atoms with Gasteiger partial charge < -0.3 is 10.0 Å². The van der Waals surface area contributed by atoms with Crippen molar-refractivity contribution in [3.05, 3.63) is 70.9 Å². The fraction of sp³-hybridized carbons (Fsp3) is 0.308. The van der Waals surface area contributed by atoms with Gasteiger partial charge in [-0.05, 0) is 43.0 Å². The predicted molar refractivity (Wildman–Crippen MR) is 129 cm³/mol. The van der Waals surface area contributed by atoms with Gasteiger partial charge in [0.05, 0.1) is 17.3 Å². The van der Waals surface area contributed by atoms with E-state index in [0.29, 0.717) is 23.7 Å². The van der Waals surface area contributed by atoms with Gasteiger partial charge in [0.15, 0.2) is 0 Å². The molecule has 2 aromatic carbocycles. The van der Waals surface area contributed by atoms with Crippen molar-refractivity contribution in [3.63, 3.8) is 0 Å². The monoisotopic (exact) mass is 440 g/mol. The van der Waals surface area contributed by atoms with Crippen LogP contribution in [0.15, 0.2) is 48.5 Å². The van der Waals surface area contributed by atoms with Gasteiger partial charge in [-0.2, -0.15) is 19.7 Å². The highest BCUT2D eigenvalue weighted by atomic mass is 16.3. The second-order valence-electron chi connectivity index (χ2n) is 7.94. The van der Waals surface area contributed by atoms with Crippen LogP contribution in [0, 0.1) is 11.3 Å². The molecule has 0 aliphatic heterocycles. The summed E-state index contributed by atoms with van der Waals surface area (Å²) in [6.45, 7) is 7.85. The fourth-order valence-corrected chi connectivity index (χ4v) is 4.12. The summed E-state index contributed by atoms with van der Waals surface area (Å²) in [5.41, 5.74) is 5.30. The number of nitriles is 1. The third-order valence-corrected chi connectivity index (χ3v) is 5.89.